The van der Waals surface area contributed by atoms with Gasteiger partial charge in [0.15, 0.2) is 0 Å². The Balaban J connectivity index is 2.12. The minimum atomic E-state index is 0.000000000000000444. The fourth-order valence-corrected chi connectivity index (χ4v) is 1.75. The van der Waals surface area contributed by atoms with Crippen LogP contribution in [-0.4, -0.2) is 33.7 Å². The number of nitrogen functional groups attached to an aromatic ring is 1. The average Bonchev–Trinajstić information content (AvgIpc) is 3.03. The number of anilines is 1. The number of hydrogen-bond donors (Lipinski definition) is 1. The van der Waals surface area contributed by atoms with E-state index in [0.717, 1.165) is 13.1 Å². The molecule has 5 heteroatoms. The molecule has 1 heterocycles. The van der Waals surface area contributed by atoms with E-state index in [9.17, 15) is 4.79 Å². The molecule has 5 nitrogen and oxygen atoms in total. The Labute approximate surface area is 95.2 Å². The van der Waals surface area contributed by atoms with Crippen LogP contribution in [0.2, 0.25) is 0 Å². The monoisotopic (exact) mass is 222 g/mol. The maximum atomic E-state index is 12.2. The van der Waals surface area contributed by atoms with Gasteiger partial charge in [0.05, 0.1) is 6.20 Å². The molecule has 0 spiro atoms. The van der Waals surface area contributed by atoms with Crippen LogP contribution in [0.5, 0.6) is 0 Å². The fourth-order valence-electron chi connectivity index (χ4n) is 1.75. The molecule has 1 amide bonds. The number of aromatic nitrogens is 2. The first-order chi connectivity index (χ1) is 7.63. The van der Waals surface area contributed by atoms with Crippen LogP contribution in [0.1, 0.15) is 30.1 Å². The fraction of sp³-hybridized carbons (Fsp3) is 0.636. The first kappa shape index (κ1) is 11.0. The lowest BCUT2D eigenvalue weighted by Gasteiger charge is -2.20. The molecule has 2 N–H and O–H groups in total. The van der Waals surface area contributed by atoms with E-state index >= 15 is 0 Å². The van der Waals surface area contributed by atoms with E-state index < -0.39 is 0 Å². The van der Waals surface area contributed by atoms with E-state index in [-0.39, 0.29) is 5.91 Å². The highest BCUT2D eigenvalue weighted by Gasteiger charge is 2.27. The van der Waals surface area contributed by atoms with Crippen LogP contribution in [0.15, 0.2) is 6.20 Å². The van der Waals surface area contributed by atoms with Crippen molar-refractivity contribution in [1.29, 1.82) is 0 Å². The van der Waals surface area contributed by atoms with Gasteiger partial charge in [-0.2, -0.15) is 5.10 Å². The van der Waals surface area contributed by atoms with Gasteiger partial charge >= 0.3 is 0 Å². The first-order valence-corrected chi connectivity index (χ1v) is 5.70. The standard InChI is InChI=1S/C11H18N4O/c1-3-15(7-8-4-5-8)11(16)9-6-13-14(2)10(9)12/h6,8H,3-5,7,12H2,1-2H3. The van der Waals surface area contributed by atoms with Crippen LogP contribution >= 0.6 is 0 Å². The van der Waals surface area contributed by atoms with Gasteiger partial charge < -0.3 is 10.6 Å². The lowest BCUT2D eigenvalue weighted by Crippen LogP contribution is -2.33. The highest BCUT2D eigenvalue weighted by molar-refractivity contribution is 5.98. The van der Waals surface area contributed by atoms with Crippen LogP contribution in [-0.2, 0) is 7.05 Å². The Morgan fingerprint density at radius 2 is 2.38 bits per heavy atom. The molecule has 1 aromatic heterocycles. The van der Waals surface area contributed by atoms with Gasteiger partial charge in [0.2, 0.25) is 0 Å². The van der Waals surface area contributed by atoms with Crippen molar-refractivity contribution in [2.45, 2.75) is 19.8 Å². The van der Waals surface area contributed by atoms with Gasteiger partial charge in [-0.15, -0.1) is 0 Å². The number of aryl methyl sites for hydroxylation is 1. The molecule has 1 aliphatic carbocycles. The van der Waals surface area contributed by atoms with Gasteiger partial charge in [-0.1, -0.05) is 0 Å². The zero-order valence-corrected chi connectivity index (χ0v) is 9.81. The van der Waals surface area contributed by atoms with Crippen LogP contribution < -0.4 is 5.73 Å². The second kappa shape index (κ2) is 4.15. The molecule has 0 saturated heterocycles. The smallest absolute Gasteiger partial charge is 0.259 e. The summed E-state index contributed by atoms with van der Waals surface area (Å²) in [6.07, 6.45) is 4.03. The van der Waals surface area contributed by atoms with E-state index in [1.165, 1.54) is 17.5 Å². The molecule has 0 atom stereocenters. The van der Waals surface area contributed by atoms with Gasteiger partial charge in [-0.3, -0.25) is 9.48 Å². The molecule has 0 aliphatic heterocycles. The van der Waals surface area contributed by atoms with Crippen LogP contribution in [0.25, 0.3) is 0 Å². The Hall–Kier alpha value is -1.52. The highest BCUT2D eigenvalue weighted by atomic mass is 16.2. The molecule has 0 unspecified atom stereocenters. The van der Waals surface area contributed by atoms with E-state index in [2.05, 4.69) is 5.10 Å². The second-order valence-corrected chi connectivity index (χ2v) is 4.35. The zero-order valence-electron chi connectivity index (χ0n) is 9.81. The van der Waals surface area contributed by atoms with Crippen molar-refractivity contribution < 1.29 is 4.79 Å². The Kier molecular flexibility index (Phi) is 2.85. The maximum Gasteiger partial charge on any atom is 0.259 e. The molecule has 0 bridgehead atoms. The minimum absolute atomic E-state index is 0.000000000000000444. The summed E-state index contributed by atoms with van der Waals surface area (Å²) in [7, 11) is 1.74. The molecular formula is C11H18N4O. The summed E-state index contributed by atoms with van der Waals surface area (Å²) in [4.78, 5) is 14.0. The highest BCUT2D eigenvalue weighted by Crippen LogP contribution is 2.30. The van der Waals surface area contributed by atoms with Crippen molar-refractivity contribution in [2.75, 3.05) is 18.8 Å². The Morgan fingerprint density at radius 1 is 1.69 bits per heavy atom. The first-order valence-electron chi connectivity index (χ1n) is 5.70. The molecule has 2 rings (SSSR count). The van der Waals surface area contributed by atoms with Gasteiger partial charge in [0, 0.05) is 20.1 Å². The predicted molar refractivity (Wildman–Crippen MR) is 61.9 cm³/mol. The quantitative estimate of drug-likeness (QED) is 0.822. The largest absolute Gasteiger partial charge is 0.383 e. The predicted octanol–water partition coefficient (Wildman–Crippen LogP) is 0.874. The zero-order chi connectivity index (χ0) is 11.7. The number of amides is 1. The molecule has 1 saturated carbocycles. The van der Waals surface area contributed by atoms with E-state index in [1.807, 2.05) is 11.8 Å². The number of nitrogens with zero attached hydrogens (tertiary/aromatic N) is 3. The molecule has 0 aromatic carbocycles. The molecule has 88 valence electrons. The number of carbonyl (C=O) groups excluding carboxylic acids is 1. The summed E-state index contributed by atoms with van der Waals surface area (Å²) < 4.78 is 1.53. The molecule has 1 aromatic rings. The third kappa shape index (κ3) is 2.03. The number of rotatable bonds is 4. The van der Waals surface area contributed by atoms with Crippen molar-refractivity contribution in [3.63, 3.8) is 0 Å². The topological polar surface area (TPSA) is 64.2 Å². The number of carbonyl (C=O) groups is 1. The van der Waals surface area contributed by atoms with Crippen molar-refractivity contribution in [1.82, 2.24) is 14.7 Å². The number of hydrogen-bond acceptors (Lipinski definition) is 3. The lowest BCUT2D eigenvalue weighted by molar-refractivity contribution is 0.0758. The Bertz CT molecular complexity index is 395. The molecular weight excluding hydrogens is 204 g/mol. The molecule has 1 aliphatic rings. The van der Waals surface area contributed by atoms with Gasteiger partial charge in [0.25, 0.3) is 5.91 Å². The summed E-state index contributed by atoms with van der Waals surface area (Å²) >= 11 is 0. The average molecular weight is 222 g/mol. The van der Waals surface area contributed by atoms with Crippen molar-refractivity contribution in [3.8, 4) is 0 Å². The van der Waals surface area contributed by atoms with Crippen LogP contribution in [0, 0.1) is 5.92 Å². The van der Waals surface area contributed by atoms with E-state index in [0.29, 0.717) is 17.3 Å². The minimum Gasteiger partial charge on any atom is -0.383 e. The SMILES string of the molecule is CCN(CC1CC1)C(=O)c1cnn(C)c1N. The van der Waals surface area contributed by atoms with Gasteiger partial charge in [0.1, 0.15) is 11.4 Å². The normalized spacial score (nSPS) is 15.1. The van der Waals surface area contributed by atoms with E-state index in [4.69, 9.17) is 5.73 Å². The third-order valence-corrected chi connectivity index (χ3v) is 3.06. The van der Waals surface area contributed by atoms with Crippen molar-refractivity contribution >= 4 is 11.7 Å². The molecule has 0 radical (unpaired) electrons. The molecule has 1 fully saturated rings. The summed E-state index contributed by atoms with van der Waals surface area (Å²) in [6, 6.07) is 0. The second-order valence-electron chi connectivity index (χ2n) is 4.35. The van der Waals surface area contributed by atoms with E-state index in [1.54, 1.807) is 13.2 Å². The van der Waals surface area contributed by atoms with Crippen LogP contribution in [0.3, 0.4) is 0 Å². The van der Waals surface area contributed by atoms with Crippen molar-refractivity contribution in [3.05, 3.63) is 11.8 Å². The van der Waals surface area contributed by atoms with Crippen molar-refractivity contribution in [2.24, 2.45) is 13.0 Å². The third-order valence-electron chi connectivity index (χ3n) is 3.06. The van der Waals surface area contributed by atoms with Gasteiger partial charge in [-0.05, 0) is 25.7 Å². The summed E-state index contributed by atoms with van der Waals surface area (Å²) in [5.41, 5.74) is 6.31. The number of nitrogens with two attached hydrogens (primary N) is 1. The van der Waals surface area contributed by atoms with Crippen LogP contribution in [0.4, 0.5) is 5.82 Å². The molecule has 16 heavy (non-hydrogen) atoms. The Morgan fingerprint density at radius 3 is 2.81 bits per heavy atom. The maximum absolute atomic E-state index is 12.2. The summed E-state index contributed by atoms with van der Waals surface area (Å²) in [6.45, 7) is 3.57. The lowest BCUT2D eigenvalue weighted by atomic mass is 10.2. The summed E-state index contributed by atoms with van der Waals surface area (Å²) in [5.74, 6) is 1.14. The van der Waals surface area contributed by atoms with Gasteiger partial charge in [-0.25, -0.2) is 0 Å². The summed E-state index contributed by atoms with van der Waals surface area (Å²) in [5, 5.41) is 3.99.